The lowest BCUT2D eigenvalue weighted by Crippen LogP contribution is -2.32. The maximum atomic E-state index is 13.2. The molecule has 0 aromatic heterocycles. The second kappa shape index (κ2) is 10.3. The summed E-state index contributed by atoms with van der Waals surface area (Å²) < 4.78 is 5.51. The molecule has 0 fully saturated rings. The molecule has 2 aromatic carbocycles. The molecule has 29 heavy (non-hydrogen) atoms. The van der Waals surface area contributed by atoms with Gasteiger partial charge < -0.3 is 4.74 Å². The molecule has 4 nitrogen and oxygen atoms in total. The van der Waals surface area contributed by atoms with Gasteiger partial charge in [-0.3, -0.25) is 14.5 Å². The molecule has 5 heteroatoms. The minimum Gasteiger partial charge on any atom is -0.494 e. The third kappa shape index (κ3) is 5.10. The van der Waals surface area contributed by atoms with Crippen LogP contribution in [0.25, 0.3) is 5.57 Å². The van der Waals surface area contributed by atoms with Crippen LogP contribution >= 0.6 is 11.8 Å². The predicted molar refractivity (Wildman–Crippen MR) is 118 cm³/mol. The van der Waals surface area contributed by atoms with Crippen molar-refractivity contribution in [3.63, 3.8) is 0 Å². The van der Waals surface area contributed by atoms with Crippen LogP contribution in [0.2, 0.25) is 0 Å². The van der Waals surface area contributed by atoms with Crippen LogP contribution in [0.1, 0.15) is 45.1 Å². The molecule has 0 bridgehead atoms. The van der Waals surface area contributed by atoms with E-state index in [1.54, 1.807) is 0 Å². The number of imide groups is 1. The van der Waals surface area contributed by atoms with Gasteiger partial charge in [-0.15, -0.1) is 0 Å². The number of benzene rings is 2. The van der Waals surface area contributed by atoms with Crippen molar-refractivity contribution < 1.29 is 14.3 Å². The van der Waals surface area contributed by atoms with Gasteiger partial charge >= 0.3 is 0 Å². The minimum atomic E-state index is -0.200. The molecule has 0 spiro atoms. The van der Waals surface area contributed by atoms with Crippen molar-refractivity contribution in [1.29, 1.82) is 0 Å². The second-order valence-corrected chi connectivity index (χ2v) is 7.98. The Morgan fingerprint density at radius 1 is 0.862 bits per heavy atom. The van der Waals surface area contributed by atoms with Crippen LogP contribution in [0.4, 0.5) is 0 Å². The van der Waals surface area contributed by atoms with Gasteiger partial charge in [0.15, 0.2) is 0 Å². The maximum absolute atomic E-state index is 13.2. The summed E-state index contributed by atoms with van der Waals surface area (Å²) in [5, 5.41) is 0. The minimum absolute atomic E-state index is 0.191. The topological polar surface area (TPSA) is 46.6 Å². The Balaban J connectivity index is 1.90. The molecule has 3 rings (SSSR count). The predicted octanol–water partition coefficient (Wildman–Crippen LogP) is 5.54. The Morgan fingerprint density at radius 3 is 2.24 bits per heavy atom. The van der Waals surface area contributed by atoms with E-state index in [-0.39, 0.29) is 11.8 Å². The zero-order chi connectivity index (χ0) is 20.6. The summed E-state index contributed by atoms with van der Waals surface area (Å²) in [5.41, 5.74) is 1.24. The summed E-state index contributed by atoms with van der Waals surface area (Å²) in [6.07, 6.45) is 4.09. The molecule has 1 aliphatic rings. The SMILES string of the molecule is CCCCCCN1C(=O)C(Sc2ccccc2)=C(c2ccc(OCC)cc2)C1=O. The van der Waals surface area contributed by atoms with E-state index in [9.17, 15) is 9.59 Å². The van der Waals surface area contributed by atoms with E-state index >= 15 is 0 Å². The fourth-order valence-corrected chi connectivity index (χ4v) is 4.33. The number of hydrogen-bond donors (Lipinski definition) is 0. The van der Waals surface area contributed by atoms with Gasteiger partial charge in [0.25, 0.3) is 11.8 Å². The molecule has 0 saturated carbocycles. The first kappa shape index (κ1) is 21.2. The lowest BCUT2D eigenvalue weighted by Gasteiger charge is -2.15. The number of unbranched alkanes of at least 4 members (excludes halogenated alkanes) is 3. The van der Waals surface area contributed by atoms with E-state index in [0.717, 1.165) is 41.9 Å². The van der Waals surface area contributed by atoms with E-state index in [2.05, 4.69) is 6.92 Å². The van der Waals surface area contributed by atoms with Crippen LogP contribution in [0.3, 0.4) is 0 Å². The van der Waals surface area contributed by atoms with Crippen LogP contribution in [0, 0.1) is 0 Å². The standard InChI is InChI=1S/C24H27NO3S/c1-3-5-6-10-17-25-23(26)21(18-13-15-19(16-14-18)28-4-2)22(24(25)27)29-20-11-8-7-9-12-20/h7-9,11-16H,3-6,10,17H2,1-2H3. The summed E-state index contributed by atoms with van der Waals surface area (Å²) >= 11 is 1.36. The van der Waals surface area contributed by atoms with Crippen molar-refractivity contribution in [2.45, 2.75) is 44.4 Å². The molecule has 0 radical (unpaired) electrons. The Bertz CT molecular complexity index is 875. The number of rotatable bonds is 10. The smallest absolute Gasteiger partial charge is 0.268 e. The van der Waals surface area contributed by atoms with Gasteiger partial charge in [0, 0.05) is 11.4 Å². The van der Waals surface area contributed by atoms with E-state index in [4.69, 9.17) is 4.74 Å². The van der Waals surface area contributed by atoms with Crippen LogP contribution in [-0.4, -0.2) is 29.9 Å². The monoisotopic (exact) mass is 409 g/mol. The van der Waals surface area contributed by atoms with Crippen molar-refractivity contribution >= 4 is 29.1 Å². The highest BCUT2D eigenvalue weighted by atomic mass is 32.2. The summed E-state index contributed by atoms with van der Waals surface area (Å²) in [7, 11) is 0. The van der Waals surface area contributed by atoms with Crippen molar-refractivity contribution in [2.24, 2.45) is 0 Å². The molecule has 1 aliphatic heterocycles. The summed E-state index contributed by atoms with van der Waals surface area (Å²) in [6, 6.07) is 17.1. The van der Waals surface area contributed by atoms with E-state index in [0.29, 0.717) is 23.6 Å². The van der Waals surface area contributed by atoms with Gasteiger partial charge in [-0.05, 0) is 43.2 Å². The highest BCUT2D eigenvalue weighted by molar-refractivity contribution is 8.04. The number of carbonyl (C=O) groups excluding carboxylic acids is 2. The number of amides is 2. The van der Waals surface area contributed by atoms with Crippen LogP contribution in [0.5, 0.6) is 5.75 Å². The quantitative estimate of drug-likeness (QED) is 0.382. The van der Waals surface area contributed by atoms with Crippen LogP contribution in [0.15, 0.2) is 64.4 Å². The second-order valence-electron chi connectivity index (χ2n) is 6.90. The molecule has 1 heterocycles. The number of thioether (sulfide) groups is 1. The van der Waals surface area contributed by atoms with Crippen molar-refractivity contribution in [3.8, 4) is 5.75 Å². The van der Waals surface area contributed by atoms with Crippen LogP contribution in [-0.2, 0) is 9.59 Å². The van der Waals surface area contributed by atoms with E-state index in [1.807, 2.05) is 61.5 Å². The third-order valence-electron chi connectivity index (χ3n) is 4.78. The Labute approximate surface area is 176 Å². The maximum Gasteiger partial charge on any atom is 0.268 e. The number of hydrogen-bond acceptors (Lipinski definition) is 4. The van der Waals surface area contributed by atoms with Gasteiger partial charge in [0.05, 0.1) is 17.1 Å². The molecule has 0 unspecified atom stereocenters. The summed E-state index contributed by atoms with van der Waals surface area (Å²) in [6.45, 7) is 5.13. The molecule has 0 atom stereocenters. The average Bonchev–Trinajstić information content (AvgIpc) is 2.97. The normalized spacial score (nSPS) is 14.1. The molecule has 0 N–H and O–H groups in total. The molecular formula is C24H27NO3S. The number of carbonyl (C=O) groups is 2. The molecule has 2 aromatic rings. The van der Waals surface area contributed by atoms with Gasteiger partial charge in [-0.2, -0.15) is 0 Å². The first-order chi connectivity index (χ1) is 14.2. The summed E-state index contributed by atoms with van der Waals surface area (Å²) in [4.78, 5) is 29.2. The highest BCUT2D eigenvalue weighted by Gasteiger charge is 2.39. The zero-order valence-electron chi connectivity index (χ0n) is 17.0. The highest BCUT2D eigenvalue weighted by Crippen LogP contribution is 2.40. The fourth-order valence-electron chi connectivity index (χ4n) is 3.29. The third-order valence-corrected chi connectivity index (χ3v) is 5.87. The van der Waals surface area contributed by atoms with E-state index in [1.165, 1.54) is 16.7 Å². The zero-order valence-corrected chi connectivity index (χ0v) is 17.8. The first-order valence-electron chi connectivity index (χ1n) is 10.2. The van der Waals surface area contributed by atoms with Gasteiger partial charge in [0.1, 0.15) is 5.75 Å². The molecule has 0 saturated heterocycles. The van der Waals surface area contributed by atoms with E-state index < -0.39 is 0 Å². The lowest BCUT2D eigenvalue weighted by molar-refractivity contribution is -0.136. The lowest BCUT2D eigenvalue weighted by atomic mass is 10.1. The summed E-state index contributed by atoms with van der Waals surface area (Å²) in [5.74, 6) is 0.362. The van der Waals surface area contributed by atoms with Crippen molar-refractivity contribution in [3.05, 3.63) is 65.1 Å². The first-order valence-corrected chi connectivity index (χ1v) is 11.0. The molecule has 0 aliphatic carbocycles. The fraction of sp³-hybridized carbons (Fsp3) is 0.333. The van der Waals surface area contributed by atoms with Gasteiger partial charge in [-0.25, -0.2) is 0 Å². The number of ether oxygens (including phenoxy) is 1. The number of nitrogens with zero attached hydrogens (tertiary/aromatic N) is 1. The Morgan fingerprint density at radius 2 is 1.59 bits per heavy atom. The van der Waals surface area contributed by atoms with Crippen LogP contribution < -0.4 is 4.74 Å². The largest absolute Gasteiger partial charge is 0.494 e. The van der Waals surface area contributed by atoms with Gasteiger partial charge in [-0.1, -0.05) is 68.3 Å². The molecule has 2 amide bonds. The van der Waals surface area contributed by atoms with Crippen molar-refractivity contribution in [2.75, 3.05) is 13.2 Å². The average molecular weight is 410 g/mol. The van der Waals surface area contributed by atoms with Crippen molar-refractivity contribution in [1.82, 2.24) is 4.90 Å². The van der Waals surface area contributed by atoms with Gasteiger partial charge in [0.2, 0.25) is 0 Å². The molecule has 152 valence electrons. The Hall–Kier alpha value is -2.53. The molecular weight excluding hydrogens is 382 g/mol. The Kier molecular flexibility index (Phi) is 7.53.